The highest BCUT2D eigenvalue weighted by molar-refractivity contribution is 7.09. The van der Waals surface area contributed by atoms with Gasteiger partial charge in [0, 0.05) is 5.38 Å². The molecule has 0 spiro atoms. The predicted octanol–water partition coefficient (Wildman–Crippen LogP) is 2.98. The summed E-state index contributed by atoms with van der Waals surface area (Å²) in [4.78, 5) is 16.0. The zero-order valence-electron chi connectivity index (χ0n) is 14.5. The van der Waals surface area contributed by atoms with Gasteiger partial charge in [0.15, 0.2) is 11.4 Å². The summed E-state index contributed by atoms with van der Waals surface area (Å²) in [6.45, 7) is 3.54. The van der Waals surface area contributed by atoms with Crippen LogP contribution in [0.5, 0.6) is 0 Å². The summed E-state index contributed by atoms with van der Waals surface area (Å²) in [5, 5.41) is 15.0. The number of aromatic nitrogens is 4. The summed E-state index contributed by atoms with van der Waals surface area (Å²) >= 11 is 0.880. The Morgan fingerprint density at radius 2 is 2.15 bits per heavy atom. The Labute approximate surface area is 164 Å². The Morgan fingerprint density at radius 1 is 1.44 bits per heavy atom. The van der Waals surface area contributed by atoms with Crippen LogP contribution in [0.4, 0.5) is 13.2 Å². The minimum Gasteiger partial charge on any atom is -0.341 e. The van der Waals surface area contributed by atoms with Crippen molar-refractivity contribution in [3.8, 4) is 0 Å². The second-order valence-corrected chi connectivity index (χ2v) is 6.96. The van der Waals surface area contributed by atoms with Crippen LogP contribution in [-0.2, 0) is 6.18 Å². The molecule has 3 rings (SSSR count). The molecule has 1 aliphatic heterocycles. The lowest BCUT2D eigenvalue weighted by molar-refractivity contribution is -0.140. The van der Waals surface area contributed by atoms with Crippen molar-refractivity contribution in [1.29, 1.82) is 0 Å². The van der Waals surface area contributed by atoms with Crippen LogP contribution in [0.15, 0.2) is 11.6 Å². The van der Waals surface area contributed by atoms with Gasteiger partial charge in [-0.25, -0.2) is 9.67 Å². The lowest BCUT2D eigenvalue weighted by Gasteiger charge is -2.22. The van der Waals surface area contributed by atoms with Crippen molar-refractivity contribution in [3.05, 3.63) is 28.0 Å². The number of amides is 1. The molecular formula is C15H20ClF3N6OS. The van der Waals surface area contributed by atoms with Gasteiger partial charge in [0.05, 0.1) is 18.3 Å². The molecule has 1 aliphatic rings. The maximum Gasteiger partial charge on any atom is 0.434 e. The molecule has 1 atom stereocenters. The van der Waals surface area contributed by atoms with Crippen molar-refractivity contribution in [2.24, 2.45) is 0 Å². The highest BCUT2D eigenvalue weighted by atomic mass is 35.5. The zero-order valence-corrected chi connectivity index (χ0v) is 16.1. The van der Waals surface area contributed by atoms with Gasteiger partial charge in [0.1, 0.15) is 5.01 Å². The quantitative estimate of drug-likeness (QED) is 0.770. The third kappa shape index (κ3) is 5.17. The molecule has 1 amide bonds. The number of rotatable bonds is 5. The molecule has 0 radical (unpaired) electrons. The van der Waals surface area contributed by atoms with Crippen LogP contribution in [0.3, 0.4) is 0 Å². The van der Waals surface area contributed by atoms with Crippen LogP contribution in [0, 0.1) is 0 Å². The summed E-state index contributed by atoms with van der Waals surface area (Å²) < 4.78 is 39.8. The van der Waals surface area contributed by atoms with Crippen molar-refractivity contribution >= 4 is 29.7 Å². The van der Waals surface area contributed by atoms with Crippen LogP contribution in [0.1, 0.15) is 59.5 Å². The van der Waals surface area contributed by atoms with Crippen molar-refractivity contribution < 1.29 is 18.0 Å². The first-order chi connectivity index (χ1) is 12.4. The van der Waals surface area contributed by atoms with Crippen LogP contribution in [-0.4, -0.2) is 39.0 Å². The normalized spacial score (nSPS) is 16.6. The van der Waals surface area contributed by atoms with Crippen LogP contribution < -0.4 is 10.6 Å². The van der Waals surface area contributed by atoms with Crippen LogP contribution >= 0.6 is 23.7 Å². The lowest BCUT2D eigenvalue weighted by atomic mass is 10.1. The van der Waals surface area contributed by atoms with Gasteiger partial charge in [-0.1, -0.05) is 12.1 Å². The Kier molecular flexibility index (Phi) is 7.18. The molecule has 0 aliphatic carbocycles. The Bertz CT molecular complexity index is 759. The molecule has 7 nitrogen and oxygen atoms in total. The number of alkyl halides is 3. The number of hydrogen-bond donors (Lipinski definition) is 2. The minimum absolute atomic E-state index is 0. The molecule has 3 heterocycles. The Balaban J connectivity index is 0.00000261. The lowest BCUT2D eigenvalue weighted by Crippen LogP contribution is -2.30. The minimum atomic E-state index is -4.49. The number of carbonyl (C=O) groups is 1. The van der Waals surface area contributed by atoms with Crippen molar-refractivity contribution in [2.45, 2.75) is 44.4 Å². The molecule has 1 unspecified atom stereocenters. The second-order valence-electron chi connectivity index (χ2n) is 6.07. The molecule has 2 N–H and O–H groups in total. The van der Waals surface area contributed by atoms with E-state index in [-0.39, 0.29) is 29.2 Å². The molecule has 0 saturated carbocycles. The SMILES string of the molecule is CCC(NC(=O)c1cn(C2CCNCC2)nn1)c1nc(C(F)(F)F)cs1.Cl. The van der Waals surface area contributed by atoms with Crippen molar-refractivity contribution in [3.63, 3.8) is 0 Å². The second kappa shape index (κ2) is 8.98. The average Bonchev–Trinajstić information content (AvgIpc) is 3.29. The van der Waals surface area contributed by atoms with Gasteiger partial charge in [-0.05, 0) is 32.4 Å². The maximum absolute atomic E-state index is 12.7. The summed E-state index contributed by atoms with van der Waals surface area (Å²) in [7, 11) is 0. The first kappa shape index (κ1) is 21.6. The number of carbonyl (C=O) groups excluding carboxylic acids is 1. The maximum atomic E-state index is 12.7. The van der Waals surface area contributed by atoms with Crippen LogP contribution in [0.2, 0.25) is 0 Å². The largest absolute Gasteiger partial charge is 0.434 e. The Hall–Kier alpha value is -1.72. The number of thiazole rings is 1. The van der Waals surface area contributed by atoms with E-state index >= 15 is 0 Å². The van der Waals surface area contributed by atoms with E-state index in [1.54, 1.807) is 17.8 Å². The molecule has 2 aromatic rings. The van der Waals surface area contributed by atoms with Gasteiger partial charge in [-0.15, -0.1) is 28.8 Å². The fourth-order valence-corrected chi connectivity index (χ4v) is 3.74. The molecule has 2 aromatic heterocycles. The zero-order chi connectivity index (χ0) is 18.7. The molecule has 0 bridgehead atoms. The molecule has 1 saturated heterocycles. The highest BCUT2D eigenvalue weighted by Gasteiger charge is 2.34. The summed E-state index contributed by atoms with van der Waals surface area (Å²) in [6, 6.07) is -0.409. The van der Waals surface area contributed by atoms with E-state index in [0.717, 1.165) is 42.6 Å². The summed E-state index contributed by atoms with van der Waals surface area (Å²) in [6.07, 6.45) is -0.683. The summed E-state index contributed by atoms with van der Waals surface area (Å²) in [5.41, 5.74) is -0.795. The third-order valence-electron chi connectivity index (χ3n) is 4.25. The van der Waals surface area contributed by atoms with Crippen molar-refractivity contribution in [1.82, 2.24) is 30.6 Å². The van der Waals surface area contributed by atoms with E-state index in [1.807, 2.05) is 0 Å². The number of nitrogens with one attached hydrogen (secondary N) is 2. The van der Waals surface area contributed by atoms with Gasteiger partial charge in [0.25, 0.3) is 5.91 Å². The van der Waals surface area contributed by atoms with Gasteiger partial charge >= 0.3 is 6.18 Å². The standard InChI is InChI=1S/C15H19F3N6OS.ClH/c1-2-10(14-21-12(8-26-14)15(16,17)18)20-13(25)11-7-24(23-22-11)9-3-5-19-6-4-9;/h7-10,19H,2-6H2,1H3,(H,20,25);1H. The van der Waals surface area contributed by atoms with Gasteiger partial charge < -0.3 is 10.6 Å². The number of halogens is 4. The molecule has 1 fully saturated rings. The van der Waals surface area contributed by atoms with Gasteiger partial charge in [-0.2, -0.15) is 13.2 Å². The van der Waals surface area contributed by atoms with E-state index in [9.17, 15) is 18.0 Å². The van der Waals surface area contributed by atoms with Crippen LogP contribution in [0.25, 0.3) is 0 Å². The highest BCUT2D eigenvalue weighted by Crippen LogP contribution is 2.32. The molecule has 27 heavy (non-hydrogen) atoms. The smallest absolute Gasteiger partial charge is 0.341 e. The predicted molar refractivity (Wildman–Crippen MR) is 96.0 cm³/mol. The number of piperidine rings is 1. The van der Waals surface area contributed by atoms with E-state index in [0.29, 0.717) is 6.42 Å². The third-order valence-corrected chi connectivity index (χ3v) is 5.21. The topological polar surface area (TPSA) is 84.7 Å². The van der Waals surface area contributed by atoms with E-state index in [1.165, 1.54) is 0 Å². The molecule has 0 aromatic carbocycles. The first-order valence-electron chi connectivity index (χ1n) is 8.34. The van der Waals surface area contributed by atoms with Gasteiger partial charge in [-0.3, -0.25) is 4.79 Å². The number of nitrogens with zero attached hydrogens (tertiary/aromatic N) is 4. The fraction of sp³-hybridized carbons (Fsp3) is 0.600. The fourth-order valence-electron chi connectivity index (χ4n) is 2.78. The molecular weight excluding hydrogens is 405 g/mol. The Morgan fingerprint density at radius 3 is 2.74 bits per heavy atom. The van der Waals surface area contributed by atoms with E-state index in [2.05, 4.69) is 25.9 Å². The van der Waals surface area contributed by atoms with E-state index in [4.69, 9.17) is 0 Å². The molecule has 12 heteroatoms. The first-order valence-corrected chi connectivity index (χ1v) is 9.22. The van der Waals surface area contributed by atoms with Crippen molar-refractivity contribution in [2.75, 3.05) is 13.1 Å². The average molecular weight is 425 g/mol. The number of hydrogen-bond acceptors (Lipinski definition) is 6. The molecule has 150 valence electrons. The van der Waals surface area contributed by atoms with E-state index < -0.39 is 23.8 Å². The summed E-state index contributed by atoms with van der Waals surface area (Å²) in [5.74, 6) is -0.471. The van der Waals surface area contributed by atoms with Gasteiger partial charge in [0.2, 0.25) is 0 Å². The monoisotopic (exact) mass is 424 g/mol.